The highest BCUT2D eigenvalue weighted by Crippen LogP contribution is 2.24. The molecule has 0 spiro atoms. The maximum Gasteiger partial charge on any atom is 0.258 e. The summed E-state index contributed by atoms with van der Waals surface area (Å²) in [4.78, 5) is 27.6. The number of fused-ring (bicyclic) bond motifs is 1. The topological polar surface area (TPSA) is 96.9 Å². The zero-order valence-corrected chi connectivity index (χ0v) is 11.6. The molecule has 1 aromatic carbocycles. The molecule has 0 atom stereocenters. The first-order chi connectivity index (χ1) is 10.0. The fourth-order valence-corrected chi connectivity index (χ4v) is 2.05. The molecule has 7 nitrogen and oxygen atoms in total. The zero-order chi connectivity index (χ0) is 15.0. The number of nitrogens with one attached hydrogen (secondary N) is 2. The second-order valence-electron chi connectivity index (χ2n) is 4.86. The fraction of sp³-hybridized carbons (Fsp3) is 0.214. The van der Waals surface area contributed by atoms with E-state index >= 15 is 0 Å². The Hall–Kier alpha value is -2.83. The Balaban J connectivity index is 1.81. The lowest BCUT2D eigenvalue weighted by atomic mass is 10.1. The molecule has 1 aliphatic rings. The molecule has 2 N–H and O–H groups in total. The number of hydrogen-bond acceptors (Lipinski definition) is 5. The fourth-order valence-electron chi connectivity index (χ4n) is 2.05. The van der Waals surface area contributed by atoms with Gasteiger partial charge in [0.25, 0.3) is 5.91 Å². The van der Waals surface area contributed by atoms with Crippen LogP contribution in [0.3, 0.4) is 0 Å². The molecule has 2 aromatic rings. The van der Waals surface area contributed by atoms with Crippen LogP contribution in [0.4, 0.5) is 11.6 Å². The summed E-state index contributed by atoms with van der Waals surface area (Å²) in [5.74, 6) is -0.232. The van der Waals surface area contributed by atoms with Gasteiger partial charge < -0.3 is 5.32 Å². The van der Waals surface area contributed by atoms with Crippen LogP contribution in [0.15, 0.2) is 18.2 Å². The van der Waals surface area contributed by atoms with Gasteiger partial charge in [-0.2, -0.15) is 5.10 Å². The molecule has 0 bridgehead atoms. The molecule has 0 saturated carbocycles. The molecular formula is C14H13N5O2. The largest absolute Gasteiger partial charge is 0.326 e. The lowest BCUT2D eigenvalue weighted by Crippen LogP contribution is -2.15. The Morgan fingerprint density at radius 1 is 1.24 bits per heavy atom. The third-order valence-corrected chi connectivity index (χ3v) is 3.31. The highest BCUT2D eigenvalue weighted by Gasteiger charge is 2.19. The molecule has 3 rings (SSSR count). The Kier molecular flexibility index (Phi) is 3.09. The van der Waals surface area contributed by atoms with Gasteiger partial charge in [-0.1, -0.05) is 0 Å². The van der Waals surface area contributed by atoms with Gasteiger partial charge in [0.1, 0.15) is 0 Å². The van der Waals surface area contributed by atoms with Gasteiger partial charge in [-0.25, -0.2) is 4.98 Å². The maximum atomic E-state index is 12.2. The molecule has 1 aliphatic heterocycles. The van der Waals surface area contributed by atoms with Crippen molar-refractivity contribution in [2.75, 3.05) is 10.6 Å². The first-order valence-electron chi connectivity index (χ1n) is 6.45. The van der Waals surface area contributed by atoms with E-state index in [1.54, 1.807) is 32.0 Å². The van der Waals surface area contributed by atoms with Crippen LogP contribution in [-0.2, 0) is 11.2 Å². The number of anilines is 2. The van der Waals surface area contributed by atoms with Crippen molar-refractivity contribution in [2.45, 2.75) is 20.3 Å². The van der Waals surface area contributed by atoms with Gasteiger partial charge in [0.2, 0.25) is 11.9 Å². The van der Waals surface area contributed by atoms with Crippen molar-refractivity contribution >= 4 is 23.5 Å². The smallest absolute Gasteiger partial charge is 0.258 e. The molecule has 2 heterocycles. The average Bonchev–Trinajstić information content (AvgIpc) is 2.82. The average molecular weight is 283 g/mol. The van der Waals surface area contributed by atoms with Gasteiger partial charge >= 0.3 is 0 Å². The van der Waals surface area contributed by atoms with Gasteiger partial charge in [-0.15, -0.1) is 5.10 Å². The number of carbonyl (C=O) groups excluding carboxylic acids is 2. The first kappa shape index (κ1) is 13.2. The summed E-state index contributed by atoms with van der Waals surface area (Å²) in [6, 6.07) is 5.06. The molecule has 0 saturated heterocycles. The van der Waals surface area contributed by atoms with Crippen molar-refractivity contribution in [1.29, 1.82) is 0 Å². The van der Waals surface area contributed by atoms with Crippen molar-refractivity contribution in [3.63, 3.8) is 0 Å². The SMILES string of the molecule is Cc1nnc(NC(=O)c2ccc3c(c2)CC(=O)N3)nc1C. The number of hydrogen-bond donors (Lipinski definition) is 2. The zero-order valence-electron chi connectivity index (χ0n) is 11.6. The third kappa shape index (κ3) is 2.58. The Morgan fingerprint density at radius 3 is 2.81 bits per heavy atom. The molecule has 2 amide bonds. The van der Waals surface area contributed by atoms with E-state index in [2.05, 4.69) is 25.8 Å². The summed E-state index contributed by atoms with van der Waals surface area (Å²) in [6.45, 7) is 3.60. The predicted octanol–water partition coefficient (Wildman–Crippen LogP) is 1.24. The quantitative estimate of drug-likeness (QED) is 0.864. The number of aryl methyl sites for hydroxylation is 2. The van der Waals surface area contributed by atoms with Crippen LogP contribution in [0, 0.1) is 13.8 Å². The van der Waals surface area contributed by atoms with Crippen molar-refractivity contribution in [3.05, 3.63) is 40.7 Å². The summed E-state index contributed by atoms with van der Waals surface area (Å²) in [6.07, 6.45) is 0.290. The van der Waals surface area contributed by atoms with Crippen molar-refractivity contribution < 1.29 is 9.59 Å². The van der Waals surface area contributed by atoms with Gasteiger partial charge in [0.15, 0.2) is 0 Å². The van der Waals surface area contributed by atoms with Gasteiger partial charge in [-0.3, -0.25) is 14.9 Å². The minimum Gasteiger partial charge on any atom is -0.326 e. The summed E-state index contributed by atoms with van der Waals surface area (Å²) < 4.78 is 0. The minimum atomic E-state index is -0.331. The minimum absolute atomic E-state index is 0.0655. The molecule has 7 heteroatoms. The number of carbonyl (C=O) groups is 2. The number of rotatable bonds is 2. The number of nitrogens with zero attached hydrogens (tertiary/aromatic N) is 3. The normalized spacial score (nSPS) is 12.8. The van der Waals surface area contributed by atoms with Crippen LogP contribution in [-0.4, -0.2) is 27.0 Å². The van der Waals surface area contributed by atoms with Crippen LogP contribution in [0.2, 0.25) is 0 Å². The molecule has 0 unspecified atom stereocenters. The molecule has 0 radical (unpaired) electrons. The molecule has 1 aromatic heterocycles. The molecule has 106 valence electrons. The second kappa shape index (κ2) is 4.93. The third-order valence-electron chi connectivity index (χ3n) is 3.31. The van der Waals surface area contributed by atoms with E-state index in [1.165, 1.54) is 0 Å². The van der Waals surface area contributed by atoms with Gasteiger partial charge in [0, 0.05) is 11.3 Å². The van der Waals surface area contributed by atoms with Crippen LogP contribution < -0.4 is 10.6 Å². The molecule has 21 heavy (non-hydrogen) atoms. The van der Waals surface area contributed by atoms with Crippen LogP contribution >= 0.6 is 0 Å². The standard InChI is InChI=1S/C14H13N5O2/c1-7-8(2)18-19-14(15-7)17-13(21)9-3-4-11-10(5-9)6-12(20)16-11/h3-5H,6H2,1-2H3,(H,16,20)(H,15,17,19,21). The monoisotopic (exact) mass is 283 g/mol. The van der Waals surface area contributed by atoms with E-state index in [0.29, 0.717) is 11.3 Å². The Labute approximate surface area is 120 Å². The van der Waals surface area contributed by atoms with E-state index in [1.807, 2.05) is 0 Å². The van der Waals surface area contributed by atoms with E-state index in [0.717, 1.165) is 16.9 Å². The first-order valence-corrected chi connectivity index (χ1v) is 6.45. The lowest BCUT2D eigenvalue weighted by Gasteiger charge is -2.06. The van der Waals surface area contributed by atoms with Crippen molar-refractivity contribution in [1.82, 2.24) is 15.2 Å². The highest BCUT2D eigenvalue weighted by molar-refractivity contribution is 6.05. The van der Waals surface area contributed by atoms with Crippen molar-refractivity contribution in [3.8, 4) is 0 Å². The molecule has 0 fully saturated rings. The summed E-state index contributed by atoms with van der Waals surface area (Å²) in [5, 5.41) is 13.1. The van der Waals surface area contributed by atoms with E-state index < -0.39 is 0 Å². The lowest BCUT2D eigenvalue weighted by molar-refractivity contribution is -0.115. The van der Waals surface area contributed by atoms with Crippen LogP contribution in [0.1, 0.15) is 27.3 Å². The van der Waals surface area contributed by atoms with Gasteiger partial charge in [-0.05, 0) is 37.6 Å². The summed E-state index contributed by atoms with van der Waals surface area (Å²) >= 11 is 0. The van der Waals surface area contributed by atoms with Gasteiger partial charge in [0.05, 0.1) is 17.8 Å². The number of aromatic nitrogens is 3. The number of amides is 2. The van der Waals surface area contributed by atoms with Crippen LogP contribution in [0.5, 0.6) is 0 Å². The van der Waals surface area contributed by atoms with Crippen molar-refractivity contribution in [2.24, 2.45) is 0 Å². The summed E-state index contributed by atoms with van der Waals surface area (Å²) in [7, 11) is 0. The maximum absolute atomic E-state index is 12.2. The molecular weight excluding hydrogens is 270 g/mol. The van der Waals surface area contributed by atoms with E-state index in [4.69, 9.17) is 0 Å². The summed E-state index contributed by atoms with van der Waals surface area (Å²) in [5.41, 5.74) is 3.44. The Bertz CT molecular complexity index is 757. The Morgan fingerprint density at radius 2 is 2.05 bits per heavy atom. The second-order valence-corrected chi connectivity index (χ2v) is 4.86. The molecule has 0 aliphatic carbocycles. The van der Waals surface area contributed by atoms with Crippen LogP contribution in [0.25, 0.3) is 0 Å². The predicted molar refractivity (Wildman–Crippen MR) is 76.0 cm³/mol. The number of benzene rings is 1. The highest BCUT2D eigenvalue weighted by atomic mass is 16.2. The van der Waals surface area contributed by atoms with E-state index in [9.17, 15) is 9.59 Å². The van der Waals surface area contributed by atoms with E-state index in [-0.39, 0.29) is 24.2 Å².